The predicted molar refractivity (Wildman–Crippen MR) is 77.8 cm³/mol. The molecule has 1 atom stereocenters. The molecule has 3 heteroatoms. The van der Waals surface area contributed by atoms with Gasteiger partial charge in [-0.3, -0.25) is 0 Å². The number of alkyl halides is 1. The minimum Gasteiger partial charge on any atom is -0.207 e. The number of halogens is 3. The van der Waals surface area contributed by atoms with Crippen molar-refractivity contribution in [3.63, 3.8) is 0 Å². The molecule has 0 heterocycles. The Morgan fingerprint density at radius 3 is 2.05 bits per heavy atom. The number of hydrogen-bond acceptors (Lipinski definition) is 0. The number of aryl methyl sites for hydroxylation is 3. The Labute approximate surface area is 120 Å². The van der Waals surface area contributed by atoms with E-state index in [1.807, 2.05) is 32.0 Å². The molecule has 0 aromatic heterocycles. The second-order valence-corrected chi connectivity index (χ2v) is 5.71. The lowest BCUT2D eigenvalue weighted by Crippen LogP contribution is -2.03. The molecule has 19 heavy (non-hydrogen) atoms. The Bertz CT molecular complexity index is 600. The average molecular weight is 325 g/mol. The summed E-state index contributed by atoms with van der Waals surface area (Å²) in [5.74, 6) is -1.03. The van der Waals surface area contributed by atoms with Crippen LogP contribution in [0.25, 0.3) is 0 Å². The first kappa shape index (κ1) is 14.2. The molecule has 0 aliphatic carbocycles. The van der Waals surface area contributed by atoms with Crippen LogP contribution in [0.2, 0.25) is 0 Å². The summed E-state index contributed by atoms with van der Waals surface area (Å²) < 4.78 is 27.3. The lowest BCUT2D eigenvalue weighted by Gasteiger charge is -2.17. The van der Waals surface area contributed by atoms with Crippen molar-refractivity contribution in [3.8, 4) is 0 Å². The summed E-state index contributed by atoms with van der Waals surface area (Å²) >= 11 is 3.54. The van der Waals surface area contributed by atoms with E-state index in [1.165, 1.54) is 0 Å². The molecule has 2 rings (SSSR count). The molecular formula is C16H15BrF2. The van der Waals surface area contributed by atoms with Crippen LogP contribution >= 0.6 is 15.9 Å². The van der Waals surface area contributed by atoms with Crippen LogP contribution < -0.4 is 0 Å². The summed E-state index contributed by atoms with van der Waals surface area (Å²) in [5.41, 5.74) is 4.13. The van der Waals surface area contributed by atoms with E-state index in [1.54, 1.807) is 13.0 Å². The normalized spacial score (nSPS) is 12.5. The highest BCUT2D eigenvalue weighted by Crippen LogP contribution is 2.36. The van der Waals surface area contributed by atoms with Gasteiger partial charge in [0, 0.05) is 11.6 Å². The standard InChI is InChI=1S/C16H15BrF2/c1-9-5-4-6-10(2)15(9)16(17)12-7-11(3)13(18)8-14(12)19/h4-8,16H,1-3H3. The Morgan fingerprint density at radius 1 is 0.895 bits per heavy atom. The van der Waals surface area contributed by atoms with Gasteiger partial charge in [0.15, 0.2) is 0 Å². The van der Waals surface area contributed by atoms with Crippen LogP contribution in [0.15, 0.2) is 30.3 Å². The molecule has 0 N–H and O–H groups in total. The van der Waals surface area contributed by atoms with Crippen molar-refractivity contribution in [1.82, 2.24) is 0 Å². The van der Waals surface area contributed by atoms with Crippen molar-refractivity contribution in [2.75, 3.05) is 0 Å². The first-order chi connectivity index (χ1) is 8.91. The molecule has 0 bridgehead atoms. The maximum atomic E-state index is 14.0. The number of rotatable bonds is 2. The first-order valence-electron chi connectivity index (χ1n) is 6.07. The molecule has 0 aliphatic rings. The lowest BCUT2D eigenvalue weighted by atomic mass is 9.95. The first-order valence-corrected chi connectivity index (χ1v) is 6.99. The molecule has 0 spiro atoms. The van der Waals surface area contributed by atoms with Crippen molar-refractivity contribution in [3.05, 3.63) is 69.8 Å². The van der Waals surface area contributed by atoms with E-state index in [0.717, 1.165) is 22.8 Å². The summed E-state index contributed by atoms with van der Waals surface area (Å²) in [7, 11) is 0. The van der Waals surface area contributed by atoms with Crippen LogP contribution in [-0.4, -0.2) is 0 Å². The molecule has 0 amide bonds. The van der Waals surface area contributed by atoms with Gasteiger partial charge < -0.3 is 0 Å². The zero-order chi connectivity index (χ0) is 14.2. The number of hydrogen-bond donors (Lipinski definition) is 0. The predicted octanol–water partition coefficient (Wildman–Crippen LogP) is 5.37. The van der Waals surface area contributed by atoms with Gasteiger partial charge in [0.05, 0.1) is 4.83 Å². The molecule has 0 fully saturated rings. The highest BCUT2D eigenvalue weighted by molar-refractivity contribution is 9.09. The Morgan fingerprint density at radius 2 is 1.47 bits per heavy atom. The molecule has 0 saturated heterocycles. The van der Waals surface area contributed by atoms with Crippen LogP contribution in [0.5, 0.6) is 0 Å². The van der Waals surface area contributed by atoms with Crippen LogP contribution in [0.4, 0.5) is 8.78 Å². The van der Waals surface area contributed by atoms with Gasteiger partial charge in [-0.1, -0.05) is 34.1 Å². The van der Waals surface area contributed by atoms with E-state index in [9.17, 15) is 8.78 Å². The Balaban J connectivity index is 2.56. The molecule has 0 radical (unpaired) electrons. The van der Waals surface area contributed by atoms with Crippen molar-refractivity contribution < 1.29 is 8.78 Å². The second kappa shape index (κ2) is 5.41. The molecule has 2 aromatic carbocycles. The molecule has 1 unspecified atom stereocenters. The average Bonchev–Trinajstić information content (AvgIpc) is 2.33. The zero-order valence-electron chi connectivity index (χ0n) is 11.1. The molecule has 2 aromatic rings. The molecule has 0 aliphatic heterocycles. The van der Waals surface area contributed by atoms with Gasteiger partial charge in [-0.25, -0.2) is 8.78 Å². The summed E-state index contributed by atoms with van der Waals surface area (Å²) in [6.45, 7) is 5.62. The SMILES string of the molecule is Cc1cc(C(Br)c2c(C)cccc2C)c(F)cc1F. The van der Waals surface area contributed by atoms with Gasteiger partial charge in [0.2, 0.25) is 0 Å². The number of benzene rings is 2. The zero-order valence-corrected chi connectivity index (χ0v) is 12.7. The second-order valence-electron chi connectivity index (χ2n) is 4.79. The Kier molecular flexibility index (Phi) is 4.04. The van der Waals surface area contributed by atoms with Crippen molar-refractivity contribution in [2.45, 2.75) is 25.6 Å². The van der Waals surface area contributed by atoms with Gasteiger partial charge >= 0.3 is 0 Å². The maximum Gasteiger partial charge on any atom is 0.130 e. The van der Waals surface area contributed by atoms with Gasteiger partial charge in [-0.2, -0.15) is 0 Å². The highest BCUT2D eigenvalue weighted by atomic mass is 79.9. The fourth-order valence-electron chi connectivity index (χ4n) is 2.26. The third-order valence-electron chi connectivity index (χ3n) is 3.35. The summed E-state index contributed by atoms with van der Waals surface area (Å²) in [4.78, 5) is -0.270. The van der Waals surface area contributed by atoms with E-state index >= 15 is 0 Å². The van der Waals surface area contributed by atoms with Crippen LogP contribution in [0.1, 0.15) is 32.6 Å². The maximum absolute atomic E-state index is 14.0. The van der Waals surface area contributed by atoms with Gasteiger partial charge in [-0.05, 0) is 49.1 Å². The van der Waals surface area contributed by atoms with Crippen molar-refractivity contribution >= 4 is 15.9 Å². The van der Waals surface area contributed by atoms with Gasteiger partial charge in [0.1, 0.15) is 11.6 Å². The van der Waals surface area contributed by atoms with Crippen molar-refractivity contribution in [2.24, 2.45) is 0 Å². The topological polar surface area (TPSA) is 0 Å². The summed E-state index contributed by atoms with van der Waals surface area (Å²) in [6, 6.07) is 8.47. The molecular weight excluding hydrogens is 310 g/mol. The lowest BCUT2D eigenvalue weighted by molar-refractivity contribution is 0.569. The largest absolute Gasteiger partial charge is 0.207 e. The van der Waals surface area contributed by atoms with Gasteiger partial charge in [-0.15, -0.1) is 0 Å². The van der Waals surface area contributed by atoms with Crippen LogP contribution in [0.3, 0.4) is 0 Å². The minimum absolute atomic E-state index is 0.270. The Hall–Kier alpha value is -1.22. The molecule has 0 saturated carbocycles. The van der Waals surface area contributed by atoms with E-state index < -0.39 is 11.6 Å². The summed E-state index contributed by atoms with van der Waals surface area (Å²) in [5, 5.41) is 0. The monoisotopic (exact) mass is 324 g/mol. The fraction of sp³-hybridized carbons (Fsp3) is 0.250. The highest BCUT2D eigenvalue weighted by Gasteiger charge is 2.19. The van der Waals surface area contributed by atoms with E-state index in [0.29, 0.717) is 11.1 Å². The van der Waals surface area contributed by atoms with E-state index in [2.05, 4.69) is 15.9 Å². The smallest absolute Gasteiger partial charge is 0.130 e. The van der Waals surface area contributed by atoms with Crippen LogP contribution in [-0.2, 0) is 0 Å². The third-order valence-corrected chi connectivity index (χ3v) is 4.30. The van der Waals surface area contributed by atoms with Crippen molar-refractivity contribution in [1.29, 1.82) is 0 Å². The minimum atomic E-state index is -0.521. The third kappa shape index (κ3) is 2.71. The van der Waals surface area contributed by atoms with Gasteiger partial charge in [0.25, 0.3) is 0 Å². The van der Waals surface area contributed by atoms with E-state index in [-0.39, 0.29) is 4.83 Å². The molecule has 100 valence electrons. The van der Waals surface area contributed by atoms with Crippen LogP contribution in [0, 0.1) is 32.4 Å². The summed E-state index contributed by atoms with van der Waals surface area (Å²) in [6.07, 6.45) is 0. The molecule has 0 nitrogen and oxygen atoms in total. The quantitative estimate of drug-likeness (QED) is 0.651. The van der Waals surface area contributed by atoms with E-state index in [4.69, 9.17) is 0 Å². The fourth-order valence-corrected chi connectivity index (χ4v) is 3.33.